The number of hydrogen-bond donors (Lipinski definition) is 0. The van der Waals surface area contributed by atoms with Crippen LogP contribution < -0.4 is 18.9 Å². The molecule has 6 rings (SSSR count). The molecule has 2 fully saturated rings. The molecule has 1 saturated carbocycles. The van der Waals surface area contributed by atoms with Gasteiger partial charge in [-0.1, -0.05) is 60.0 Å². The molecule has 2 aliphatic rings. The second-order valence-electron chi connectivity index (χ2n) is 16.6. The molecular formula is C43H53F5N4O5Si. The Morgan fingerprint density at radius 3 is 2.26 bits per heavy atom. The van der Waals surface area contributed by atoms with Gasteiger partial charge >= 0.3 is 12.2 Å². The SMILES string of the molecule is COCOc1cc(-c2nc(OC)c3c(OCC(F)(F)F)nc(OC[C@]45CCC[C@H]4N(C)CCC5)nc3c2F)c2c(C#C[Si](C(C)C)(C(C)C)C(C)C)c(F)ccc2c1. The smallest absolute Gasteiger partial charge is 0.422 e. The summed E-state index contributed by atoms with van der Waals surface area (Å²) in [7, 11) is 2.38. The van der Waals surface area contributed by atoms with Gasteiger partial charge in [0.15, 0.2) is 19.2 Å². The van der Waals surface area contributed by atoms with Crippen molar-refractivity contribution in [1.82, 2.24) is 19.9 Å². The normalized spacial score (nSPS) is 18.9. The summed E-state index contributed by atoms with van der Waals surface area (Å²) < 4.78 is 102. The van der Waals surface area contributed by atoms with Crippen molar-refractivity contribution >= 4 is 29.7 Å². The van der Waals surface area contributed by atoms with Crippen LogP contribution in [0, 0.1) is 28.5 Å². The molecule has 15 heteroatoms. The standard InChI is InChI=1S/C43H53F5N4O5Si/c1-25(2)58(26(3)4,27(5)6)19-15-30-32(44)14-13-28-20-29(57-24-53-8)21-31(34(28)30)37-36(45)38-35(39(49-37)54-9)40(55-23-43(46,47)48)51-41(50-38)56-22-42-16-10-12-33(42)52(7)18-11-17-42/h13-14,20-21,25-27,33H,10-12,16-18,22-24H2,1-9H3/t33-,42-/m1/s1. The highest BCUT2D eigenvalue weighted by atomic mass is 28.3. The Bertz CT molecular complexity index is 2190. The van der Waals surface area contributed by atoms with Gasteiger partial charge in [-0.3, -0.25) is 0 Å². The molecule has 0 radical (unpaired) electrons. The second-order valence-corrected chi connectivity index (χ2v) is 22.1. The quantitative estimate of drug-likeness (QED) is 0.0566. The molecule has 2 aromatic heterocycles. The van der Waals surface area contributed by atoms with E-state index in [1.807, 2.05) is 0 Å². The number of alkyl halides is 3. The largest absolute Gasteiger partial charge is 0.480 e. The molecule has 4 aromatic rings. The van der Waals surface area contributed by atoms with Gasteiger partial charge in [-0.25, -0.2) is 13.8 Å². The number of hydrogen-bond acceptors (Lipinski definition) is 9. The summed E-state index contributed by atoms with van der Waals surface area (Å²) in [6.45, 7) is 12.2. The van der Waals surface area contributed by atoms with Crippen LogP contribution in [0.3, 0.4) is 0 Å². The van der Waals surface area contributed by atoms with Crippen LogP contribution in [0.5, 0.6) is 23.5 Å². The van der Waals surface area contributed by atoms with E-state index in [0.717, 1.165) is 38.6 Å². The summed E-state index contributed by atoms with van der Waals surface area (Å²) in [5.74, 6) is 0.911. The summed E-state index contributed by atoms with van der Waals surface area (Å²) in [4.78, 5) is 15.5. The van der Waals surface area contributed by atoms with Gasteiger partial charge < -0.3 is 28.6 Å². The first kappa shape index (κ1) is 43.3. The van der Waals surface area contributed by atoms with Gasteiger partial charge in [-0.15, -0.1) is 5.54 Å². The first-order chi connectivity index (χ1) is 27.5. The lowest BCUT2D eigenvalue weighted by molar-refractivity contribution is -0.153. The van der Waals surface area contributed by atoms with Crippen LogP contribution in [0.2, 0.25) is 16.6 Å². The van der Waals surface area contributed by atoms with Crippen molar-refractivity contribution in [3.8, 4) is 46.2 Å². The summed E-state index contributed by atoms with van der Waals surface area (Å²) in [5, 5.41) is 0.416. The van der Waals surface area contributed by atoms with Crippen LogP contribution in [0.1, 0.15) is 79.2 Å². The van der Waals surface area contributed by atoms with Gasteiger partial charge in [0, 0.05) is 29.5 Å². The number of methoxy groups -OCH3 is 2. The first-order valence-electron chi connectivity index (χ1n) is 19.9. The molecule has 2 aromatic carbocycles. The number of pyridine rings is 1. The third-order valence-electron chi connectivity index (χ3n) is 12.2. The fraction of sp³-hybridized carbons (Fsp3) is 0.558. The number of fused-ring (bicyclic) bond motifs is 3. The summed E-state index contributed by atoms with van der Waals surface area (Å²) in [6, 6.07) is 5.93. The number of piperidine rings is 1. The zero-order valence-electron chi connectivity index (χ0n) is 34.7. The number of likely N-dealkylation sites (tertiary alicyclic amines) is 1. The molecule has 1 aliphatic heterocycles. The highest BCUT2D eigenvalue weighted by Crippen LogP contribution is 2.48. The van der Waals surface area contributed by atoms with E-state index >= 15 is 8.78 Å². The van der Waals surface area contributed by atoms with E-state index < -0.39 is 43.9 Å². The van der Waals surface area contributed by atoms with E-state index in [2.05, 4.69) is 79.9 Å². The lowest BCUT2D eigenvalue weighted by Gasteiger charge is -2.44. The molecule has 58 heavy (non-hydrogen) atoms. The maximum absolute atomic E-state index is 17.5. The molecule has 1 aliphatic carbocycles. The zero-order valence-corrected chi connectivity index (χ0v) is 35.7. The fourth-order valence-electron chi connectivity index (χ4n) is 9.66. The summed E-state index contributed by atoms with van der Waals surface area (Å²) >= 11 is 0. The van der Waals surface area contributed by atoms with Crippen LogP contribution in [0.25, 0.3) is 32.9 Å². The van der Waals surface area contributed by atoms with Crippen molar-refractivity contribution in [2.75, 3.05) is 47.8 Å². The Hall–Kier alpha value is -4.26. The van der Waals surface area contributed by atoms with Crippen LogP contribution in [-0.2, 0) is 4.74 Å². The predicted octanol–water partition coefficient (Wildman–Crippen LogP) is 10.3. The van der Waals surface area contributed by atoms with Gasteiger partial charge in [-0.2, -0.15) is 23.1 Å². The Morgan fingerprint density at radius 2 is 1.60 bits per heavy atom. The van der Waals surface area contributed by atoms with Crippen LogP contribution in [-0.4, -0.2) is 88.0 Å². The van der Waals surface area contributed by atoms with Gasteiger partial charge in [-0.05, 0) is 79.5 Å². The Kier molecular flexibility index (Phi) is 12.8. The number of nitrogens with zero attached hydrogens (tertiary/aromatic N) is 4. The molecule has 2 atom stereocenters. The van der Waals surface area contributed by atoms with Gasteiger partial charge in [0.05, 0.1) is 19.3 Å². The molecule has 0 N–H and O–H groups in total. The maximum atomic E-state index is 17.5. The number of halogens is 5. The Labute approximate surface area is 338 Å². The van der Waals surface area contributed by atoms with Crippen molar-refractivity contribution < 1.29 is 45.6 Å². The van der Waals surface area contributed by atoms with Gasteiger partial charge in [0.2, 0.25) is 11.8 Å². The zero-order chi connectivity index (χ0) is 42.2. The third kappa shape index (κ3) is 8.29. The lowest BCUT2D eigenvalue weighted by atomic mass is 9.76. The van der Waals surface area contributed by atoms with E-state index in [0.29, 0.717) is 5.39 Å². The summed E-state index contributed by atoms with van der Waals surface area (Å²) in [6.07, 6.45) is -0.00246. The van der Waals surface area contributed by atoms with Crippen LogP contribution in [0.4, 0.5) is 22.0 Å². The highest BCUT2D eigenvalue weighted by molar-refractivity contribution is 6.90. The van der Waals surface area contributed by atoms with Crippen LogP contribution >= 0.6 is 0 Å². The molecule has 9 nitrogen and oxygen atoms in total. The van der Waals surface area contributed by atoms with Crippen molar-refractivity contribution in [1.29, 1.82) is 0 Å². The molecule has 0 spiro atoms. The number of aromatic nitrogens is 3. The molecular weight excluding hydrogens is 776 g/mol. The van der Waals surface area contributed by atoms with Gasteiger partial charge in [0.25, 0.3) is 0 Å². The minimum atomic E-state index is -4.75. The lowest BCUT2D eigenvalue weighted by Crippen LogP contribution is -2.50. The molecule has 3 heterocycles. The van der Waals surface area contributed by atoms with Crippen molar-refractivity contribution in [3.63, 3.8) is 0 Å². The van der Waals surface area contributed by atoms with E-state index in [1.54, 1.807) is 12.1 Å². The Morgan fingerprint density at radius 1 is 0.897 bits per heavy atom. The number of ether oxygens (including phenoxy) is 5. The first-order valence-corrected chi connectivity index (χ1v) is 22.1. The van der Waals surface area contributed by atoms with Crippen molar-refractivity contribution in [2.45, 2.75) is 102 Å². The van der Waals surface area contributed by atoms with E-state index in [4.69, 9.17) is 23.7 Å². The second kappa shape index (κ2) is 17.1. The summed E-state index contributed by atoms with van der Waals surface area (Å²) in [5.41, 5.74) is 3.47. The average Bonchev–Trinajstić information content (AvgIpc) is 3.61. The topological polar surface area (TPSA) is 88.1 Å². The highest BCUT2D eigenvalue weighted by Gasteiger charge is 2.47. The molecule has 0 bridgehead atoms. The maximum Gasteiger partial charge on any atom is 0.422 e. The van der Waals surface area contributed by atoms with E-state index in [-0.39, 0.29) is 86.7 Å². The average molecular weight is 829 g/mol. The van der Waals surface area contributed by atoms with E-state index in [1.165, 1.54) is 26.4 Å². The van der Waals surface area contributed by atoms with Crippen molar-refractivity contribution in [2.24, 2.45) is 5.41 Å². The predicted molar refractivity (Wildman–Crippen MR) is 216 cm³/mol. The van der Waals surface area contributed by atoms with E-state index in [9.17, 15) is 13.2 Å². The minimum Gasteiger partial charge on any atom is -0.480 e. The molecule has 0 amide bonds. The number of rotatable bonds is 13. The fourth-order valence-corrected chi connectivity index (χ4v) is 14.9. The molecule has 0 unspecified atom stereocenters. The minimum absolute atomic E-state index is 0.0496. The molecule has 1 saturated heterocycles. The van der Waals surface area contributed by atoms with Crippen LogP contribution in [0.15, 0.2) is 24.3 Å². The molecule has 314 valence electrons. The van der Waals surface area contributed by atoms with Gasteiger partial charge in [0.1, 0.15) is 36.2 Å². The Balaban J connectivity index is 1.61. The van der Waals surface area contributed by atoms with Crippen molar-refractivity contribution in [3.05, 3.63) is 41.5 Å². The monoisotopic (exact) mass is 828 g/mol. The third-order valence-corrected chi connectivity index (χ3v) is 18.5. The number of benzene rings is 2.